The van der Waals surface area contributed by atoms with Gasteiger partial charge in [-0.15, -0.1) is 0 Å². The van der Waals surface area contributed by atoms with Crippen molar-refractivity contribution in [1.82, 2.24) is 0 Å². The highest BCUT2D eigenvalue weighted by molar-refractivity contribution is 8.15. The first-order chi connectivity index (χ1) is 14.1. The molecule has 0 spiro atoms. The zero-order chi connectivity index (χ0) is 21.3. The quantitative estimate of drug-likeness (QED) is 0.170. The van der Waals surface area contributed by atoms with Crippen LogP contribution in [-0.4, -0.2) is 22.7 Å². The molecule has 0 amide bonds. The Bertz CT molecular complexity index is 529. The summed E-state index contributed by atoms with van der Waals surface area (Å²) in [5, 5.41) is 0. The molecule has 1 unspecified atom stereocenters. The molecule has 1 aliphatic rings. The standard InChI is InChI=1S/C27H48OS/c1-5-6-7-8-9-10-11-12-13-14-15-16-17-18-19-20-21-29(4)26-22-24(2)27(28)25(3)23-26/h22-23H,5-21H2,1-4H3. The van der Waals surface area contributed by atoms with Crippen molar-refractivity contribution in [3.05, 3.63) is 23.3 Å². The fourth-order valence-electron chi connectivity index (χ4n) is 4.10. The summed E-state index contributed by atoms with van der Waals surface area (Å²) in [4.78, 5) is 13.2. The largest absolute Gasteiger partial charge is 0.289 e. The molecule has 168 valence electrons. The van der Waals surface area contributed by atoms with Gasteiger partial charge in [0.2, 0.25) is 0 Å². The maximum atomic E-state index is 11.9. The number of Topliss-reactive ketones (excluding diaryl/α,β-unsaturated/α-hetero) is 1. The van der Waals surface area contributed by atoms with Crippen molar-refractivity contribution in [1.29, 1.82) is 0 Å². The summed E-state index contributed by atoms with van der Waals surface area (Å²) < 4.78 is 0. The zero-order valence-corrected chi connectivity index (χ0v) is 20.8. The van der Waals surface area contributed by atoms with Crippen LogP contribution in [0.25, 0.3) is 0 Å². The Morgan fingerprint density at radius 2 is 0.966 bits per heavy atom. The molecule has 0 radical (unpaired) electrons. The summed E-state index contributed by atoms with van der Waals surface area (Å²) in [6, 6.07) is 0. The van der Waals surface area contributed by atoms with Crippen molar-refractivity contribution >= 4 is 21.1 Å². The van der Waals surface area contributed by atoms with Gasteiger partial charge in [0.15, 0.2) is 5.78 Å². The Morgan fingerprint density at radius 1 is 0.621 bits per heavy atom. The minimum Gasteiger partial charge on any atom is -0.289 e. The molecule has 0 fully saturated rings. The van der Waals surface area contributed by atoms with E-state index in [9.17, 15) is 4.79 Å². The average molecular weight is 421 g/mol. The smallest absolute Gasteiger partial charge is 0.184 e. The van der Waals surface area contributed by atoms with E-state index < -0.39 is 0 Å². The van der Waals surface area contributed by atoms with E-state index in [1.807, 2.05) is 13.8 Å². The lowest BCUT2D eigenvalue weighted by Gasteiger charge is -2.13. The lowest BCUT2D eigenvalue weighted by atomic mass is 9.99. The molecule has 1 aliphatic carbocycles. The molecular formula is C27H48OS. The van der Waals surface area contributed by atoms with Crippen LogP contribution in [0.4, 0.5) is 0 Å². The third-order valence-electron chi connectivity index (χ3n) is 6.14. The second-order valence-corrected chi connectivity index (χ2v) is 11.2. The van der Waals surface area contributed by atoms with Crippen LogP contribution in [-0.2, 0) is 4.79 Å². The number of unbranched alkanes of at least 4 members (excludes halogenated alkanes) is 15. The molecular weight excluding hydrogens is 372 g/mol. The first-order valence-electron chi connectivity index (χ1n) is 12.5. The van der Waals surface area contributed by atoms with E-state index in [1.165, 1.54) is 113 Å². The molecule has 29 heavy (non-hydrogen) atoms. The summed E-state index contributed by atoms with van der Waals surface area (Å²) in [6.07, 6.45) is 29.4. The monoisotopic (exact) mass is 420 g/mol. The molecule has 0 bridgehead atoms. The van der Waals surface area contributed by atoms with Crippen molar-refractivity contribution in [3.8, 4) is 0 Å². The molecule has 1 nitrogen and oxygen atoms in total. The summed E-state index contributed by atoms with van der Waals surface area (Å²) in [5.74, 6) is 1.49. The van der Waals surface area contributed by atoms with Crippen LogP contribution in [0.15, 0.2) is 23.3 Å². The number of carbonyl (C=O) groups is 1. The van der Waals surface area contributed by atoms with Crippen molar-refractivity contribution in [2.75, 3.05) is 12.0 Å². The maximum absolute atomic E-state index is 11.9. The van der Waals surface area contributed by atoms with E-state index >= 15 is 0 Å². The van der Waals surface area contributed by atoms with Gasteiger partial charge in [0.25, 0.3) is 0 Å². The van der Waals surface area contributed by atoms with Gasteiger partial charge in [0.1, 0.15) is 0 Å². The Kier molecular flexibility index (Phi) is 15.6. The maximum Gasteiger partial charge on any atom is 0.184 e. The number of allylic oxidation sites excluding steroid dienone is 4. The summed E-state index contributed by atoms with van der Waals surface area (Å²) in [6.45, 7) is 6.19. The van der Waals surface area contributed by atoms with Gasteiger partial charge in [-0.3, -0.25) is 4.79 Å². The number of hydrogen-bond donors (Lipinski definition) is 0. The van der Waals surface area contributed by atoms with Gasteiger partial charge >= 0.3 is 0 Å². The molecule has 2 heteroatoms. The van der Waals surface area contributed by atoms with Crippen LogP contribution < -0.4 is 0 Å². The van der Waals surface area contributed by atoms with Gasteiger partial charge in [0.05, 0.1) is 0 Å². The van der Waals surface area contributed by atoms with Gasteiger partial charge in [-0.25, -0.2) is 0 Å². The van der Waals surface area contributed by atoms with Gasteiger partial charge in [-0.2, -0.15) is 10.5 Å². The molecule has 0 heterocycles. The van der Waals surface area contributed by atoms with Crippen LogP contribution in [0.5, 0.6) is 0 Å². The van der Waals surface area contributed by atoms with Crippen molar-refractivity contribution in [2.24, 2.45) is 0 Å². The first-order valence-corrected chi connectivity index (χ1v) is 14.3. The zero-order valence-electron chi connectivity index (χ0n) is 20.0. The lowest BCUT2D eigenvalue weighted by Crippen LogP contribution is -2.11. The fraction of sp³-hybridized carbons (Fsp3) is 0.778. The average Bonchev–Trinajstić information content (AvgIpc) is 2.71. The summed E-state index contributed by atoms with van der Waals surface area (Å²) in [5.41, 5.74) is 1.82. The summed E-state index contributed by atoms with van der Waals surface area (Å²) >= 11 is 0. The highest BCUT2D eigenvalue weighted by atomic mass is 32.2. The number of rotatable bonds is 17. The predicted molar refractivity (Wildman–Crippen MR) is 135 cm³/mol. The number of hydrogen-bond acceptors (Lipinski definition) is 1. The third kappa shape index (κ3) is 12.6. The van der Waals surface area contributed by atoms with Gasteiger partial charge in [-0.1, -0.05) is 103 Å². The highest BCUT2D eigenvalue weighted by Gasteiger charge is 2.13. The van der Waals surface area contributed by atoms with Crippen LogP contribution in [0.3, 0.4) is 0 Å². The van der Waals surface area contributed by atoms with Crippen LogP contribution >= 0.6 is 10.5 Å². The molecule has 0 aliphatic heterocycles. The first kappa shape index (κ1) is 26.4. The minimum atomic E-state index is 0.216. The topological polar surface area (TPSA) is 17.1 Å². The fourth-order valence-corrected chi connectivity index (χ4v) is 5.73. The number of carbonyl (C=O) groups excluding carboxylic acids is 1. The number of ketones is 1. The van der Waals surface area contributed by atoms with E-state index in [0.29, 0.717) is 0 Å². The highest BCUT2D eigenvalue weighted by Crippen LogP contribution is 2.22. The van der Waals surface area contributed by atoms with Crippen molar-refractivity contribution in [3.63, 3.8) is 0 Å². The second kappa shape index (κ2) is 17.1. The van der Waals surface area contributed by atoms with Crippen LogP contribution in [0.2, 0.25) is 0 Å². The predicted octanol–water partition coefficient (Wildman–Crippen LogP) is 8.79. The van der Waals surface area contributed by atoms with Gasteiger partial charge < -0.3 is 0 Å². The molecule has 0 N–H and O–H groups in total. The van der Waals surface area contributed by atoms with Crippen molar-refractivity contribution in [2.45, 2.75) is 124 Å². The molecule has 1 atom stereocenters. The van der Waals surface area contributed by atoms with E-state index in [4.69, 9.17) is 0 Å². The van der Waals surface area contributed by atoms with E-state index in [1.54, 1.807) is 0 Å². The Labute approximate surface area is 184 Å². The van der Waals surface area contributed by atoms with Crippen LogP contribution in [0, 0.1) is 0 Å². The molecule has 1 rings (SSSR count). The molecule has 0 saturated heterocycles. The second-order valence-electron chi connectivity index (χ2n) is 9.03. The normalized spacial score (nSPS) is 15.4. The van der Waals surface area contributed by atoms with Crippen LogP contribution in [0.1, 0.15) is 124 Å². The third-order valence-corrected chi connectivity index (χ3v) is 8.08. The molecule has 0 aromatic carbocycles. The molecule has 0 saturated carbocycles. The van der Waals surface area contributed by atoms with Crippen molar-refractivity contribution < 1.29 is 4.79 Å². The van der Waals surface area contributed by atoms with E-state index in [2.05, 4.69) is 25.3 Å². The Hall–Kier alpha value is -0.630. The molecule has 0 aromatic rings. The Morgan fingerprint density at radius 3 is 1.34 bits per heavy atom. The minimum absolute atomic E-state index is 0.216. The van der Waals surface area contributed by atoms with E-state index in [0.717, 1.165) is 11.1 Å². The lowest BCUT2D eigenvalue weighted by molar-refractivity contribution is -0.112. The Balaban J connectivity index is 1.93. The summed E-state index contributed by atoms with van der Waals surface area (Å²) in [7, 11) is 0.281. The SMILES string of the molecule is CCCCCCCCCCCCCCCCCCS(C)=C1C=C(C)C(=O)C(C)=C1. The van der Waals surface area contributed by atoms with Gasteiger partial charge in [-0.05, 0) is 60.4 Å². The van der Waals surface area contributed by atoms with Gasteiger partial charge in [0, 0.05) is 0 Å². The molecule has 0 aromatic heterocycles. The van der Waals surface area contributed by atoms with E-state index in [-0.39, 0.29) is 16.3 Å².